The summed E-state index contributed by atoms with van der Waals surface area (Å²) in [6.45, 7) is 4.40. The number of rotatable bonds is 4. The highest BCUT2D eigenvalue weighted by Gasteiger charge is 2.37. The minimum atomic E-state index is -3.56. The number of benzene rings is 1. The van der Waals surface area contributed by atoms with Gasteiger partial charge in [-0.15, -0.1) is 0 Å². The Labute approximate surface area is 126 Å². The Morgan fingerprint density at radius 3 is 2.76 bits per heavy atom. The molecule has 0 saturated carbocycles. The quantitative estimate of drug-likeness (QED) is 0.922. The van der Waals surface area contributed by atoms with Crippen molar-refractivity contribution in [3.05, 3.63) is 29.8 Å². The first-order valence-corrected chi connectivity index (χ1v) is 8.56. The van der Waals surface area contributed by atoms with Crippen LogP contribution in [0.2, 0.25) is 0 Å². The van der Waals surface area contributed by atoms with Gasteiger partial charge in [-0.05, 0) is 44.4 Å². The third-order valence-corrected chi connectivity index (χ3v) is 5.94. The van der Waals surface area contributed by atoms with Crippen LogP contribution in [0.25, 0.3) is 0 Å². The topological polar surface area (TPSA) is 66.8 Å². The van der Waals surface area contributed by atoms with E-state index in [4.69, 9.17) is 4.74 Å². The van der Waals surface area contributed by atoms with E-state index in [9.17, 15) is 13.5 Å². The molecule has 0 radical (unpaired) electrons. The molecule has 0 bridgehead atoms. The predicted molar refractivity (Wildman–Crippen MR) is 80.5 cm³/mol. The van der Waals surface area contributed by atoms with Crippen LogP contribution in [0.1, 0.15) is 38.4 Å². The molecule has 1 saturated heterocycles. The fraction of sp³-hybridized carbons (Fsp3) is 0.600. The Morgan fingerprint density at radius 2 is 2.14 bits per heavy atom. The third kappa shape index (κ3) is 3.45. The van der Waals surface area contributed by atoms with Gasteiger partial charge in [0.1, 0.15) is 0 Å². The normalized spacial score (nSPS) is 25.7. The van der Waals surface area contributed by atoms with Gasteiger partial charge in [-0.25, -0.2) is 8.42 Å². The zero-order valence-corrected chi connectivity index (χ0v) is 13.6. The van der Waals surface area contributed by atoms with Gasteiger partial charge in [0.05, 0.1) is 16.6 Å². The van der Waals surface area contributed by atoms with Gasteiger partial charge >= 0.3 is 0 Å². The van der Waals surface area contributed by atoms with Crippen molar-refractivity contribution in [2.24, 2.45) is 0 Å². The summed E-state index contributed by atoms with van der Waals surface area (Å²) < 4.78 is 32.4. The lowest BCUT2D eigenvalue weighted by molar-refractivity contribution is -0.0319. The molecule has 21 heavy (non-hydrogen) atoms. The average Bonchev–Trinajstić information content (AvgIpc) is 2.47. The second kappa shape index (κ2) is 6.04. The number of ether oxygens (including phenoxy) is 1. The van der Waals surface area contributed by atoms with Crippen molar-refractivity contribution in [1.82, 2.24) is 4.31 Å². The Bertz CT molecular complexity index is 599. The molecule has 6 heteroatoms. The van der Waals surface area contributed by atoms with Crippen LogP contribution in [0.4, 0.5) is 0 Å². The summed E-state index contributed by atoms with van der Waals surface area (Å²) in [5.41, 5.74) is 0.162. The van der Waals surface area contributed by atoms with Crippen molar-refractivity contribution in [3.63, 3.8) is 0 Å². The lowest BCUT2D eigenvalue weighted by atomic mass is 9.96. The number of nitrogens with zero attached hydrogens (tertiary/aromatic N) is 1. The highest BCUT2D eigenvalue weighted by molar-refractivity contribution is 7.89. The summed E-state index contributed by atoms with van der Waals surface area (Å²) in [5, 5.41) is 9.62. The van der Waals surface area contributed by atoms with E-state index in [1.807, 2.05) is 6.92 Å². The molecule has 0 aromatic heterocycles. The van der Waals surface area contributed by atoms with E-state index in [-0.39, 0.29) is 4.90 Å². The molecule has 2 unspecified atom stereocenters. The largest absolute Gasteiger partial charge is 0.389 e. The molecule has 1 N–H and O–H groups in total. The molecule has 1 aromatic carbocycles. The van der Waals surface area contributed by atoms with Crippen molar-refractivity contribution in [3.8, 4) is 0 Å². The maximum atomic E-state index is 12.8. The van der Waals surface area contributed by atoms with E-state index in [2.05, 4.69) is 0 Å². The molecule has 2 rings (SSSR count). The molecular formula is C15H23NO4S. The first-order chi connectivity index (χ1) is 9.78. The fourth-order valence-corrected chi connectivity index (χ4v) is 4.26. The van der Waals surface area contributed by atoms with Crippen LogP contribution in [-0.2, 0) is 14.8 Å². The zero-order valence-electron chi connectivity index (χ0n) is 12.7. The molecule has 118 valence electrons. The number of aliphatic hydroxyl groups is 1. The van der Waals surface area contributed by atoms with Crippen molar-refractivity contribution in [1.29, 1.82) is 0 Å². The monoisotopic (exact) mass is 313 g/mol. The second-order valence-corrected chi connectivity index (χ2v) is 7.78. The second-order valence-electron chi connectivity index (χ2n) is 5.84. The molecule has 5 nitrogen and oxygen atoms in total. The minimum absolute atomic E-state index is 0.223. The average molecular weight is 313 g/mol. The first kappa shape index (κ1) is 16.4. The highest BCUT2D eigenvalue weighted by atomic mass is 32.2. The molecule has 0 spiro atoms. The van der Waals surface area contributed by atoms with E-state index in [1.54, 1.807) is 38.3 Å². The van der Waals surface area contributed by atoms with Crippen molar-refractivity contribution < 1.29 is 18.3 Å². The van der Waals surface area contributed by atoms with E-state index < -0.39 is 21.7 Å². The summed E-state index contributed by atoms with van der Waals surface area (Å²) in [6, 6.07) is 6.49. The van der Waals surface area contributed by atoms with Gasteiger partial charge in [-0.3, -0.25) is 0 Å². The number of sulfonamides is 1. The maximum absolute atomic E-state index is 12.8. The summed E-state index contributed by atoms with van der Waals surface area (Å²) in [5.74, 6) is 0. The summed E-state index contributed by atoms with van der Waals surface area (Å²) in [7, 11) is -1.94. The molecule has 1 aliphatic rings. The molecule has 0 aliphatic carbocycles. The van der Waals surface area contributed by atoms with Crippen molar-refractivity contribution in [2.45, 2.75) is 43.3 Å². The Morgan fingerprint density at radius 1 is 1.43 bits per heavy atom. The van der Waals surface area contributed by atoms with E-state index in [0.717, 1.165) is 12.8 Å². The van der Waals surface area contributed by atoms with Crippen LogP contribution in [0, 0.1) is 0 Å². The van der Waals surface area contributed by atoms with Gasteiger partial charge in [0.25, 0.3) is 0 Å². The Hall–Kier alpha value is -0.950. The minimum Gasteiger partial charge on any atom is -0.389 e. The smallest absolute Gasteiger partial charge is 0.243 e. The number of hydrogen-bond donors (Lipinski definition) is 1. The summed E-state index contributed by atoms with van der Waals surface area (Å²) in [4.78, 5) is 0.223. The zero-order chi connectivity index (χ0) is 15.7. The fourth-order valence-electron chi connectivity index (χ4n) is 2.62. The SMILES string of the molecule is COC1(C)CCCN(S(=O)(=O)c2cccc(C(C)O)c2)C1. The van der Waals surface area contributed by atoms with E-state index in [0.29, 0.717) is 18.7 Å². The van der Waals surface area contributed by atoms with Crippen molar-refractivity contribution >= 4 is 10.0 Å². The molecule has 1 fully saturated rings. The van der Waals surface area contributed by atoms with Crippen LogP contribution in [0.5, 0.6) is 0 Å². The number of piperidine rings is 1. The van der Waals surface area contributed by atoms with Gasteiger partial charge in [-0.2, -0.15) is 4.31 Å². The predicted octanol–water partition coefficient (Wildman–Crippen LogP) is 1.93. The number of aliphatic hydroxyl groups excluding tert-OH is 1. The first-order valence-electron chi connectivity index (χ1n) is 7.12. The maximum Gasteiger partial charge on any atom is 0.243 e. The highest BCUT2D eigenvalue weighted by Crippen LogP contribution is 2.29. The van der Waals surface area contributed by atoms with Gasteiger partial charge in [0.2, 0.25) is 10.0 Å². The molecular weight excluding hydrogens is 290 g/mol. The van der Waals surface area contributed by atoms with Crippen molar-refractivity contribution in [2.75, 3.05) is 20.2 Å². The lowest BCUT2D eigenvalue weighted by Gasteiger charge is -2.38. The van der Waals surface area contributed by atoms with Gasteiger partial charge in [-0.1, -0.05) is 12.1 Å². The van der Waals surface area contributed by atoms with Gasteiger partial charge < -0.3 is 9.84 Å². The Balaban J connectivity index is 2.31. The van der Waals surface area contributed by atoms with Crippen LogP contribution < -0.4 is 0 Å². The lowest BCUT2D eigenvalue weighted by Crippen LogP contribution is -2.49. The van der Waals surface area contributed by atoms with E-state index in [1.165, 1.54) is 4.31 Å². The van der Waals surface area contributed by atoms with Crippen LogP contribution in [0.3, 0.4) is 0 Å². The number of methoxy groups -OCH3 is 1. The summed E-state index contributed by atoms with van der Waals surface area (Å²) in [6.07, 6.45) is 0.939. The van der Waals surface area contributed by atoms with Crippen LogP contribution in [0.15, 0.2) is 29.2 Å². The number of hydrogen-bond acceptors (Lipinski definition) is 4. The molecule has 1 aliphatic heterocycles. The van der Waals surface area contributed by atoms with Crippen LogP contribution >= 0.6 is 0 Å². The Kier molecular flexibility index (Phi) is 4.72. The van der Waals surface area contributed by atoms with Gasteiger partial charge in [0, 0.05) is 20.2 Å². The third-order valence-electron chi connectivity index (χ3n) is 4.10. The molecule has 0 amide bonds. The molecule has 1 heterocycles. The van der Waals surface area contributed by atoms with Gasteiger partial charge in [0.15, 0.2) is 0 Å². The standard InChI is InChI=1S/C15H23NO4S/c1-12(17)13-6-4-7-14(10-13)21(18,19)16-9-5-8-15(2,11-16)20-3/h4,6-7,10,12,17H,5,8-9,11H2,1-3H3. The molecule has 2 atom stereocenters. The van der Waals surface area contributed by atoms with Crippen LogP contribution in [-0.4, -0.2) is 43.6 Å². The summed E-state index contributed by atoms with van der Waals surface area (Å²) >= 11 is 0. The van der Waals surface area contributed by atoms with E-state index >= 15 is 0 Å². The molecule has 1 aromatic rings.